The molecule has 2 nitrogen and oxygen atoms in total. The molecule has 0 heterocycles. The van der Waals surface area contributed by atoms with Crippen molar-refractivity contribution in [2.75, 3.05) is 0 Å². The largest absolute Gasteiger partial charge is 0.508 e. The van der Waals surface area contributed by atoms with Gasteiger partial charge < -0.3 is 10.2 Å². The molecule has 0 amide bonds. The van der Waals surface area contributed by atoms with Gasteiger partial charge in [-0.2, -0.15) is 0 Å². The molecule has 0 aromatic carbocycles. The van der Waals surface area contributed by atoms with Crippen LogP contribution in [0.5, 0.6) is 0 Å². The van der Waals surface area contributed by atoms with E-state index in [2.05, 4.69) is 0 Å². The average molecular weight is 140 g/mol. The number of hydrogen-bond acceptors (Lipinski definition) is 2. The van der Waals surface area contributed by atoms with Crippen LogP contribution >= 0.6 is 0 Å². The predicted octanol–water partition coefficient (Wildman–Crippen LogP) is 1.53. The smallest absolute Gasteiger partial charge is 0.114 e. The lowest BCUT2D eigenvalue weighted by molar-refractivity contribution is 0.204. The second-order valence-electron chi connectivity index (χ2n) is 2.77. The Balaban J connectivity index is 2.88. The Morgan fingerprint density at radius 1 is 1.50 bits per heavy atom. The normalized spacial score (nSPS) is 26.7. The molecule has 1 aliphatic carbocycles. The van der Waals surface area contributed by atoms with E-state index in [4.69, 9.17) is 5.11 Å². The summed E-state index contributed by atoms with van der Waals surface area (Å²) in [6, 6.07) is 0. The van der Waals surface area contributed by atoms with E-state index in [9.17, 15) is 5.11 Å². The van der Waals surface area contributed by atoms with Crippen LogP contribution in [0.2, 0.25) is 0 Å². The predicted molar refractivity (Wildman–Crippen MR) is 39.7 cm³/mol. The van der Waals surface area contributed by atoms with Crippen molar-refractivity contribution in [1.82, 2.24) is 0 Å². The summed E-state index contributed by atoms with van der Waals surface area (Å²) in [6.45, 7) is 3.63. The molecule has 1 unspecified atom stereocenters. The van der Waals surface area contributed by atoms with Crippen molar-refractivity contribution in [2.45, 2.75) is 26.4 Å². The van der Waals surface area contributed by atoms with Gasteiger partial charge in [-0.05, 0) is 31.1 Å². The summed E-state index contributed by atoms with van der Waals surface area (Å²) in [5.41, 5.74) is 1.70. The van der Waals surface area contributed by atoms with Crippen LogP contribution in [0.1, 0.15) is 20.3 Å². The zero-order valence-electron chi connectivity index (χ0n) is 6.26. The summed E-state index contributed by atoms with van der Waals surface area (Å²) in [7, 11) is 0. The van der Waals surface area contributed by atoms with Crippen molar-refractivity contribution in [2.24, 2.45) is 0 Å². The molecule has 0 spiro atoms. The number of aliphatic hydroxyl groups excluding tert-OH is 2. The minimum Gasteiger partial charge on any atom is -0.508 e. The molecule has 0 fully saturated rings. The van der Waals surface area contributed by atoms with Crippen LogP contribution in [0, 0.1) is 0 Å². The minimum atomic E-state index is -0.393. The lowest BCUT2D eigenvalue weighted by Gasteiger charge is -2.17. The number of rotatable bonds is 0. The molecule has 0 aliphatic heterocycles. The number of hydrogen-bond donors (Lipinski definition) is 2. The third-order valence-electron chi connectivity index (χ3n) is 1.83. The van der Waals surface area contributed by atoms with Gasteiger partial charge in [0.1, 0.15) is 5.76 Å². The molecule has 0 bridgehead atoms. The van der Waals surface area contributed by atoms with Crippen molar-refractivity contribution in [3.05, 3.63) is 23.0 Å². The second kappa shape index (κ2) is 2.46. The van der Waals surface area contributed by atoms with E-state index in [1.54, 1.807) is 6.08 Å². The van der Waals surface area contributed by atoms with Crippen LogP contribution in [0.4, 0.5) is 0 Å². The highest BCUT2D eigenvalue weighted by atomic mass is 16.3. The molecule has 0 saturated carbocycles. The SMILES string of the molecule is CC1=CC(O)=C(C)CC1O. The van der Waals surface area contributed by atoms with Gasteiger partial charge in [0.15, 0.2) is 0 Å². The summed E-state index contributed by atoms with van der Waals surface area (Å²) >= 11 is 0. The Morgan fingerprint density at radius 3 is 2.60 bits per heavy atom. The Bertz CT molecular complexity index is 201. The van der Waals surface area contributed by atoms with Crippen LogP contribution in [-0.4, -0.2) is 16.3 Å². The molecular weight excluding hydrogens is 128 g/mol. The van der Waals surface area contributed by atoms with Gasteiger partial charge in [-0.15, -0.1) is 0 Å². The van der Waals surface area contributed by atoms with Crippen molar-refractivity contribution in [3.8, 4) is 0 Å². The Hall–Kier alpha value is -0.760. The van der Waals surface area contributed by atoms with Gasteiger partial charge >= 0.3 is 0 Å². The fourth-order valence-corrected chi connectivity index (χ4v) is 0.991. The van der Waals surface area contributed by atoms with Crippen LogP contribution in [0.3, 0.4) is 0 Å². The van der Waals surface area contributed by atoms with E-state index in [1.165, 1.54) is 0 Å². The fourth-order valence-electron chi connectivity index (χ4n) is 0.991. The van der Waals surface area contributed by atoms with Gasteiger partial charge in [-0.3, -0.25) is 0 Å². The average Bonchev–Trinajstić information content (AvgIpc) is 1.84. The first-order chi connectivity index (χ1) is 4.61. The first kappa shape index (κ1) is 7.35. The highest BCUT2D eigenvalue weighted by Gasteiger charge is 2.14. The zero-order chi connectivity index (χ0) is 7.72. The highest BCUT2D eigenvalue weighted by molar-refractivity contribution is 5.29. The molecule has 0 aromatic rings. The molecule has 0 aromatic heterocycles. The maximum atomic E-state index is 9.25. The third kappa shape index (κ3) is 1.21. The van der Waals surface area contributed by atoms with Crippen LogP contribution in [-0.2, 0) is 0 Å². The fraction of sp³-hybridized carbons (Fsp3) is 0.500. The molecule has 10 heavy (non-hydrogen) atoms. The maximum Gasteiger partial charge on any atom is 0.114 e. The van der Waals surface area contributed by atoms with E-state index >= 15 is 0 Å². The molecule has 2 heteroatoms. The van der Waals surface area contributed by atoms with Gasteiger partial charge in [0.25, 0.3) is 0 Å². The van der Waals surface area contributed by atoms with E-state index in [1.807, 2.05) is 13.8 Å². The van der Waals surface area contributed by atoms with Crippen molar-refractivity contribution < 1.29 is 10.2 Å². The first-order valence-electron chi connectivity index (χ1n) is 3.36. The van der Waals surface area contributed by atoms with Crippen LogP contribution < -0.4 is 0 Å². The molecule has 0 radical (unpaired) electrons. The standard InChI is InChI=1S/C8H12O2/c1-5-3-8(10)6(2)4-7(5)9/h3,7,9-10H,4H2,1-2H3. The van der Waals surface area contributed by atoms with Crippen molar-refractivity contribution in [1.29, 1.82) is 0 Å². The molecule has 1 aliphatic rings. The summed E-state index contributed by atoms with van der Waals surface area (Å²) in [6.07, 6.45) is 1.79. The molecule has 2 N–H and O–H groups in total. The van der Waals surface area contributed by atoms with Crippen LogP contribution in [0.25, 0.3) is 0 Å². The van der Waals surface area contributed by atoms with E-state index < -0.39 is 6.10 Å². The summed E-state index contributed by atoms with van der Waals surface area (Å²) in [4.78, 5) is 0. The Kier molecular flexibility index (Phi) is 1.81. The number of aliphatic hydroxyl groups is 2. The van der Waals surface area contributed by atoms with Gasteiger partial charge in [-0.25, -0.2) is 0 Å². The summed E-state index contributed by atoms with van der Waals surface area (Å²) in [5.74, 6) is 0.308. The van der Waals surface area contributed by atoms with E-state index in [0.29, 0.717) is 12.2 Å². The summed E-state index contributed by atoms with van der Waals surface area (Å²) < 4.78 is 0. The molecule has 0 saturated heterocycles. The van der Waals surface area contributed by atoms with Crippen molar-refractivity contribution >= 4 is 0 Å². The molecule has 1 rings (SSSR count). The van der Waals surface area contributed by atoms with Crippen molar-refractivity contribution in [3.63, 3.8) is 0 Å². The Morgan fingerprint density at radius 2 is 2.10 bits per heavy atom. The Labute approximate surface area is 60.5 Å². The molecule has 56 valence electrons. The highest BCUT2D eigenvalue weighted by Crippen LogP contribution is 2.21. The van der Waals surface area contributed by atoms with Gasteiger partial charge in [0, 0.05) is 6.42 Å². The quantitative estimate of drug-likeness (QED) is 0.535. The minimum absolute atomic E-state index is 0.308. The van der Waals surface area contributed by atoms with Gasteiger partial charge in [0.05, 0.1) is 6.10 Å². The zero-order valence-corrected chi connectivity index (χ0v) is 6.26. The summed E-state index contributed by atoms with van der Waals surface area (Å²) in [5, 5.41) is 18.4. The van der Waals surface area contributed by atoms with E-state index in [0.717, 1.165) is 11.1 Å². The maximum absolute atomic E-state index is 9.25. The lowest BCUT2D eigenvalue weighted by atomic mass is 9.96. The third-order valence-corrected chi connectivity index (χ3v) is 1.83. The first-order valence-corrected chi connectivity index (χ1v) is 3.36. The van der Waals surface area contributed by atoms with Crippen LogP contribution in [0.15, 0.2) is 23.0 Å². The molecule has 1 atom stereocenters. The van der Waals surface area contributed by atoms with Gasteiger partial charge in [-0.1, -0.05) is 0 Å². The monoisotopic (exact) mass is 140 g/mol. The topological polar surface area (TPSA) is 40.5 Å². The molecular formula is C8H12O2. The van der Waals surface area contributed by atoms with E-state index in [-0.39, 0.29) is 0 Å². The number of allylic oxidation sites excluding steroid dienone is 1. The lowest BCUT2D eigenvalue weighted by Crippen LogP contribution is -2.13. The second-order valence-corrected chi connectivity index (χ2v) is 2.77. The van der Waals surface area contributed by atoms with Gasteiger partial charge in [0.2, 0.25) is 0 Å².